The molecule has 0 aromatic rings. The quantitative estimate of drug-likeness (QED) is 0.620. The van der Waals surface area contributed by atoms with E-state index in [1.165, 1.54) is 7.11 Å². The Balaban J connectivity index is 3.40. The summed E-state index contributed by atoms with van der Waals surface area (Å²) in [7, 11) is 1.45. The molecule has 4 heteroatoms. The minimum absolute atomic E-state index is 0.0619. The van der Waals surface area contributed by atoms with Gasteiger partial charge in [-0.05, 0) is 6.42 Å². The first-order valence-electron chi connectivity index (χ1n) is 3.98. The summed E-state index contributed by atoms with van der Waals surface area (Å²) in [5, 5.41) is 2.50. The molecule has 70 valence electrons. The van der Waals surface area contributed by atoms with Gasteiger partial charge in [-0.1, -0.05) is 6.92 Å². The van der Waals surface area contributed by atoms with Crippen molar-refractivity contribution >= 4 is 11.7 Å². The van der Waals surface area contributed by atoms with E-state index in [9.17, 15) is 9.59 Å². The molecule has 0 saturated carbocycles. The van der Waals surface area contributed by atoms with Crippen LogP contribution in [-0.4, -0.2) is 32.0 Å². The van der Waals surface area contributed by atoms with Gasteiger partial charge in [-0.2, -0.15) is 0 Å². The van der Waals surface area contributed by atoms with E-state index >= 15 is 0 Å². The second kappa shape index (κ2) is 6.79. The van der Waals surface area contributed by atoms with Crippen LogP contribution in [0.4, 0.5) is 0 Å². The number of methoxy groups -OCH3 is 1. The Labute approximate surface area is 72.3 Å². The zero-order valence-corrected chi connectivity index (χ0v) is 7.55. The van der Waals surface area contributed by atoms with Gasteiger partial charge in [0.05, 0.1) is 6.54 Å². The number of hydrogen-bond acceptors (Lipinski definition) is 3. The van der Waals surface area contributed by atoms with Crippen molar-refractivity contribution in [3.63, 3.8) is 0 Å². The van der Waals surface area contributed by atoms with E-state index < -0.39 is 0 Å². The number of carbonyl (C=O) groups excluding carboxylic acids is 2. The Morgan fingerprint density at radius 2 is 2.08 bits per heavy atom. The summed E-state index contributed by atoms with van der Waals surface area (Å²) in [6.45, 7) is 2.05. The number of Topliss-reactive ketones (excluding diaryl/α,β-unsaturated/α-hetero) is 1. The molecule has 0 bridgehead atoms. The topological polar surface area (TPSA) is 55.4 Å². The Morgan fingerprint density at radius 3 is 2.58 bits per heavy atom. The molecule has 0 atom stereocenters. The lowest BCUT2D eigenvalue weighted by Gasteiger charge is -2.01. The zero-order chi connectivity index (χ0) is 9.40. The fourth-order valence-corrected chi connectivity index (χ4v) is 0.725. The summed E-state index contributed by atoms with van der Waals surface area (Å²) in [4.78, 5) is 21.7. The number of ether oxygens (including phenoxy) is 1. The molecule has 0 fully saturated rings. The number of carbonyl (C=O) groups is 2. The highest BCUT2D eigenvalue weighted by molar-refractivity contribution is 5.86. The third kappa shape index (κ3) is 5.85. The summed E-state index contributed by atoms with van der Waals surface area (Å²) in [6, 6.07) is 0. The highest BCUT2D eigenvalue weighted by Gasteiger charge is 2.03. The molecule has 1 N–H and O–H groups in total. The van der Waals surface area contributed by atoms with E-state index in [1.807, 2.05) is 6.92 Å². The molecule has 0 spiro atoms. The molecule has 0 aliphatic rings. The first-order valence-corrected chi connectivity index (χ1v) is 3.98. The molecule has 0 heterocycles. The average Bonchev–Trinajstić information content (AvgIpc) is 2.02. The monoisotopic (exact) mass is 173 g/mol. The van der Waals surface area contributed by atoms with Crippen molar-refractivity contribution in [2.45, 2.75) is 19.8 Å². The molecule has 1 amide bonds. The molecule has 0 aliphatic heterocycles. The predicted octanol–water partition coefficient (Wildman–Crippen LogP) is 0.118. The number of nitrogens with one attached hydrogen (secondary N) is 1. The first kappa shape index (κ1) is 11.1. The second-order valence-electron chi connectivity index (χ2n) is 2.50. The Morgan fingerprint density at radius 1 is 1.42 bits per heavy atom. The van der Waals surface area contributed by atoms with Crippen molar-refractivity contribution in [3.8, 4) is 0 Å². The predicted molar refractivity (Wildman–Crippen MR) is 44.8 cm³/mol. The van der Waals surface area contributed by atoms with Gasteiger partial charge in [-0.3, -0.25) is 9.59 Å². The van der Waals surface area contributed by atoms with Crippen LogP contribution in [0.5, 0.6) is 0 Å². The summed E-state index contributed by atoms with van der Waals surface area (Å²) < 4.78 is 4.60. The minimum atomic E-state index is -0.109. The molecule has 0 saturated heterocycles. The van der Waals surface area contributed by atoms with Crippen LogP contribution < -0.4 is 5.32 Å². The number of ketones is 1. The molecule has 0 unspecified atom stereocenters. The van der Waals surface area contributed by atoms with Crippen LogP contribution in [0.25, 0.3) is 0 Å². The first-order chi connectivity index (χ1) is 5.70. The van der Waals surface area contributed by atoms with Gasteiger partial charge in [0.1, 0.15) is 6.61 Å². The minimum Gasteiger partial charge on any atom is -0.377 e. The number of rotatable bonds is 6. The Bertz CT molecular complexity index is 138. The molecular weight excluding hydrogens is 158 g/mol. The molecule has 12 heavy (non-hydrogen) atoms. The van der Waals surface area contributed by atoms with E-state index in [4.69, 9.17) is 0 Å². The average molecular weight is 173 g/mol. The van der Waals surface area contributed by atoms with Gasteiger partial charge in [-0.15, -0.1) is 0 Å². The van der Waals surface area contributed by atoms with E-state index in [1.54, 1.807) is 0 Å². The zero-order valence-electron chi connectivity index (χ0n) is 7.55. The summed E-state index contributed by atoms with van der Waals surface area (Å²) in [5.74, 6) is -0.191. The van der Waals surface area contributed by atoms with Gasteiger partial charge in [0.15, 0.2) is 5.78 Å². The van der Waals surface area contributed by atoms with Crippen LogP contribution in [0, 0.1) is 0 Å². The van der Waals surface area contributed by atoms with Gasteiger partial charge in [0.2, 0.25) is 5.91 Å². The van der Waals surface area contributed by atoms with E-state index in [2.05, 4.69) is 10.1 Å². The molecule has 0 rings (SSSR count). The largest absolute Gasteiger partial charge is 0.377 e. The standard InChI is InChI=1S/C8H15NO3/c1-3-4-8(11)9-5-7(10)6-12-2/h3-6H2,1-2H3,(H,9,11). The molecular formula is C8H15NO3. The van der Waals surface area contributed by atoms with E-state index in [0.717, 1.165) is 6.42 Å². The van der Waals surface area contributed by atoms with Gasteiger partial charge >= 0.3 is 0 Å². The van der Waals surface area contributed by atoms with Crippen LogP contribution in [0.15, 0.2) is 0 Å². The van der Waals surface area contributed by atoms with Gasteiger partial charge in [-0.25, -0.2) is 0 Å². The smallest absolute Gasteiger partial charge is 0.220 e. The fourth-order valence-electron chi connectivity index (χ4n) is 0.725. The SMILES string of the molecule is CCCC(=O)NCC(=O)COC. The molecule has 0 aliphatic carbocycles. The van der Waals surface area contributed by atoms with Gasteiger partial charge < -0.3 is 10.1 Å². The third-order valence-corrected chi connectivity index (χ3v) is 1.27. The van der Waals surface area contributed by atoms with Crippen LogP contribution in [0.1, 0.15) is 19.8 Å². The lowest BCUT2D eigenvalue weighted by molar-refractivity contribution is -0.126. The highest BCUT2D eigenvalue weighted by atomic mass is 16.5. The Hall–Kier alpha value is -0.900. The third-order valence-electron chi connectivity index (χ3n) is 1.27. The fraction of sp³-hybridized carbons (Fsp3) is 0.750. The van der Waals surface area contributed by atoms with Crippen molar-refractivity contribution < 1.29 is 14.3 Å². The highest BCUT2D eigenvalue weighted by Crippen LogP contribution is 1.84. The lowest BCUT2D eigenvalue weighted by atomic mass is 10.3. The van der Waals surface area contributed by atoms with Gasteiger partial charge in [0.25, 0.3) is 0 Å². The van der Waals surface area contributed by atoms with Crippen LogP contribution in [0.3, 0.4) is 0 Å². The van der Waals surface area contributed by atoms with Crippen molar-refractivity contribution in [1.29, 1.82) is 0 Å². The van der Waals surface area contributed by atoms with Crippen LogP contribution in [0.2, 0.25) is 0 Å². The lowest BCUT2D eigenvalue weighted by Crippen LogP contribution is -2.30. The van der Waals surface area contributed by atoms with Crippen molar-refractivity contribution in [1.82, 2.24) is 5.32 Å². The maximum Gasteiger partial charge on any atom is 0.220 e. The van der Waals surface area contributed by atoms with E-state index in [0.29, 0.717) is 6.42 Å². The second-order valence-corrected chi connectivity index (χ2v) is 2.50. The molecule has 0 aromatic carbocycles. The van der Waals surface area contributed by atoms with Crippen molar-refractivity contribution in [2.75, 3.05) is 20.3 Å². The molecule has 0 aromatic heterocycles. The van der Waals surface area contributed by atoms with Gasteiger partial charge in [0, 0.05) is 13.5 Å². The van der Waals surface area contributed by atoms with Crippen molar-refractivity contribution in [3.05, 3.63) is 0 Å². The van der Waals surface area contributed by atoms with E-state index in [-0.39, 0.29) is 24.8 Å². The molecule has 0 radical (unpaired) electrons. The van der Waals surface area contributed by atoms with Crippen LogP contribution in [-0.2, 0) is 14.3 Å². The molecule has 4 nitrogen and oxygen atoms in total. The van der Waals surface area contributed by atoms with Crippen LogP contribution >= 0.6 is 0 Å². The normalized spacial score (nSPS) is 9.50. The Kier molecular flexibility index (Phi) is 6.28. The summed E-state index contributed by atoms with van der Waals surface area (Å²) in [5.41, 5.74) is 0. The maximum atomic E-state index is 10.8. The number of amides is 1. The maximum absolute atomic E-state index is 10.8. The summed E-state index contributed by atoms with van der Waals surface area (Å²) in [6.07, 6.45) is 1.27. The summed E-state index contributed by atoms with van der Waals surface area (Å²) >= 11 is 0. The number of hydrogen-bond donors (Lipinski definition) is 1. The van der Waals surface area contributed by atoms with Crippen molar-refractivity contribution in [2.24, 2.45) is 0 Å².